The van der Waals surface area contributed by atoms with Crippen molar-refractivity contribution in [2.45, 2.75) is 31.3 Å². The number of carboxylic acid groups (broad SMARTS) is 1. The first-order valence-corrected chi connectivity index (χ1v) is 11.3. The zero-order valence-electron chi connectivity index (χ0n) is 17.9. The molecule has 0 radical (unpaired) electrons. The fraction of sp³-hybridized carbons (Fsp3) is 0.250. The highest BCUT2D eigenvalue weighted by atomic mass is 32.1. The number of fused-ring (bicyclic) bond motifs is 3. The van der Waals surface area contributed by atoms with Crippen molar-refractivity contribution >= 4 is 29.3 Å². The quantitative estimate of drug-likeness (QED) is 0.470. The molecule has 2 amide bonds. The molecule has 9 heteroatoms. The van der Waals surface area contributed by atoms with E-state index in [1.807, 2.05) is 48.5 Å². The molecule has 0 saturated heterocycles. The van der Waals surface area contributed by atoms with E-state index in [9.17, 15) is 19.5 Å². The summed E-state index contributed by atoms with van der Waals surface area (Å²) >= 11 is 1.31. The van der Waals surface area contributed by atoms with Crippen molar-refractivity contribution in [3.63, 3.8) is 0 Å². The predicted molar refractivity (Wildman–Crippen MR) is 123 cm³/mol. The Bertz CT molecular complexity index is 1120. The Morgan fingerprint density at radius 3 is 2.27 bits per heavy atom. The molecule has 0 aliphatic heterocycles. The molecule has 1 aliphatic carbocycles. The van der Waals surface area contributed by atoms with Gasteiger partial charge in [-0.2, -0.15) is 0 Å². The Kier molecular flexibility index (Phi) is 6.69. The number of benzene rings is 2. The number of aliphatic carboxylic acids is 1. The first-order valence-electron chi connectivity index (χ1n) is 10.5. The molecule has 2 atom stereocenters. The number of rotatable bonds is 8. The van der Waals surface area contributed by atoms with Gasteiger partial charge in [-0.15, -0.1) is 11.3 Å². The van der Waals surface area contributed by atoms with Gasteiger partial charge in [-0.3, -0.25) is 9.78 Å². The first kappa shape index (κ1) is 22.5. The minimum atomic E-state index is -1.16. The van der Waals surface area contributed by atoms with Gasteiger partial charge in [0.2, 0.25) is 5.91 Å². The average molecular weight is 466 g/mol. The van der Waals surface area contributed by atoms with Crippen LogP contribution in [0, 0.1) is 0 Å². The molecule has 1 aliphatic rings. The number of amides is 2. The zero-order valence-corrected chi connectivity index (χ0v) is 18.7. The molecule has 170 valence electrons. The van der Waals surface area contributed by atoms with Gasteiger partial charge >= 0.3 is 12.1 Å². The molecule has 2 aromatic carbocycles. The van der Waals surface area contributed by atoms with E-state index in [2.05, 4.69) is 15.6 Å². The van der Waals surface area contributed by atoms with E-state index in [0.29, 0.717) is 0 Å². The molecule has 3 aromatic rings. The van der Waals surface area contributed by atoms with Gasteiger partial charge in [0.1, 0.15) is 18.7 Å². The summed E-state index contributed by atoms with van der Waals surface area (Å²) in [6.45, 7) is 1.60. The Morgan fingerprint density at radius 1 is 1.06 bits per heavy atom. The number of thiazole rings is 1. The van der Waals surface area contributed by atoms with Crippen LogP contribution < -0.4 is 10.6 Å². The maximum absolute atomic E-state index is 12.5. The van der Waals surface area contributed by atoms with Crippen molar-refractivity contribution < 1.29 is 24.2 Å². The highest BCUT2D eigenvalue weighted by Crippen LogP contribution is 2.44. The van der Waals surface area contributed by atoms with E-state index in [4.69, 9.17) is 4.74 Å². The molecule has 0 saturated carbocycles. The van der Waals surface area contributed by atoms with Crippen molar-refractivity contribution in [3.05, 3.63) is 76.2 Å². The lowest BCUT2D eigenvalue weighted by Crippen LogP contribution is -2.51. The average Bonchev–Trinajstić information content (AvgIpc) is 3.43. The number of carboxylic acids is 1. The Labute approximate surface area is 194 Å². The Morgan fingerprint density at radius 2 is 1.70 bits per heavy atom. The summed E-state index contributed by atoms with van der Waals surface area (Å²) in [5.74, 6) is -1.87. The van der Waals surface area contributed by atoms with Crippen molar-refractivity contribution in [2.75, 3.05) is 6.61 Å². The molecule has 8 nitrogen and oxygen atoms in total. The van der Waals surface area contributed by atoms with Crippen LogP contribution in [0.4, 0.5) is 4.79 Å². The molecular formula is C24H23N3O5S. The van der Waals surface area contributed by atoms with E-state index in [0.717, 1.165) is 27.1 Å². The first-order chi connectivity index (χ1) is 15.9. The monoisotopic (exact) mass is 465 g/mol. The van der Waals surface area contributed by atoms with Crippen LogP contribution in [-0.4, -0.2) is 46.8 Å². The summed E-state index contributed by atoms with van der Waals surface area (Å²) in [6.07, 6.45) is 0.933. The SMILES string of the molecule is C[C@@H](NC(=O)OCC1c2ccccc2-c2ccccc21)C(=O)NC(Cc1cncs1)C(=O)O. The van der Waals surface area contributed by atoms with E-state index >= 15 is 0 Å². The van der Waals surface area contributed by atoms with Gasteiger partial charge in [0, 0.05) is 23.4 Å². The normalized spacial score (nSPS) is 14.0. The predicted octanol–water partition coefficient (Wildman–Crippen LogP) is 3.18. The number of hydrogen-bond donors (Lipinski definition) is 3. The van der Waals surface area contributed by atoms with Gasteiger partial charge in [-0.05, 0) is 29.2 Å². The molecule has 1 aromatic heterocycles. The van der Waals surface area contributed by atoms with Crippen LogP contribution >= 0.6 is 11.3 Å². The van der Waals surface area contributed by atoms with Crippen LogP contribution in [0.25, 0.3) is 11.1 Å². The van der Waals surface area contributed by atoms with E-state index < -0.39 is 30.1 Å². The van der Waals surface area contributed by atoms with Crippen LogP contribution in [0.2, 0.25) is 0 Å². The number of aromatic nitrogens is 1. The summed E-state index contributed by atoms with van der Waals surface area (Å²) in [6, 6.07) is 13.9. The van der Waals surface area contributed by atoms with Crippen molar-refractivity contribution in [2.24, 2.45) is 0 Å². The topological polar surface area (TPSA) is 118 Å². The molecule has 4 rings (SSSR count). The Balaban J connectivity index is 1.33. The molecule has 1 unspecified atom stereocenters. The molecule has 1 heterocycles. The molecule has 33 heavy (non-hydrogen) atoms. The van der Waals surface area contributed by atoms with Gasteiger partial charge in [0.15, 0.2) is 0 Å². The number of hydrogen-bond acceptors (Lipinski definition) is 6. The van der Waals surface area contributed by atoms with E-state index in [1.54, 1.807) is 11.7 Å². The summed E-state index contributed by atoms with van der Waals surface area (Å²) in [7, 11) is 0. The van der Waals surface area contributed by atoms with Crippen LogP contribution in [0.1, 0.15) is 28.8 Å². The molecule has 0 bridgehead atoms. The third-order valence-electron chi connectivity index (χ3n) is 5.57. The third-order valence-corrected chi connectivity index (χ3v) is 6.38. The number of alkyl carbamates (subject to hydrolysis) is 1. The van der Waals surface area contributed by atoms with Gasteiger partial charge < -0.3 is 20.5 Å². The number of carbonyl (C=O) groups is 3. The van der Waals surface area contributed by atoms with E-state index in [-0.39, 0.29) is 18.9 Å². The lowest BCUT2D eigenvalue weighted by Gasteiger charge is -2.19. The number of nitrogens with one attached hydrogen (secondary N) is 2. The lowest BCUT2D eigenvalue weighted by molar-refractivity contribution is -0.142. The second-order valence-electron chi connectivity index (χ2n) is 7.76. The van der Waals surface area contributed by atoms with Crippen LogP contribution in [0.15, 0.2) is 60.2 Å². The van der Waals surface area contributed by atoms with Gasteiger partial charge in [0.25, 0.3) is 0 Å². The fourth-order valence-corrected chi connectivity index (χ4v) is 4.57. The standard InChI is InChI=1S/C24H23N3O5S/c1-14(22(28)27-21(23(29)30)10-15-11-25-13-33-15)26-24(31)32-12-20-18-8-4-2-6-16(18)17-7-3-5-9-19(17)20/h2-9,11,13-14,20-21H,10,12H2,1H3,(H,26,31)(H,27,28)(H,29,30)/t14-,21?/m1/s1. The highest BCUT2D eigenvalue weighted by molar-refractivity contribution is 7.09. The van der Waals surface area contributed by atoms with Crippen LogP contribution in [0.5, 0.6) is 0 Å². The molecule has 0 spiro atoms. The number of ether oxygens (including phenoxy) is 1. The zero-order chi connectivity index (χ0) is 23.4. The summed E-state index contributed by atoms with van der Waals surface area (Å²) in [5.41, 5.74) is 6.01. The highest BCUT2D eigenvalue weighted by Gasteiger charge is 2.30. The Hall–Kier alpha value is -3.72. The fourth-order valence-electron chi connectivity index (χ4n) is 3.92. The van der Waals surface area contributed by atoms with Crippen molar-refractivity contribution in [1.82, 2.24) is 15.6 Å². The van der Waals surface area contributed by atoms with Crippen LogP contribution in [0.3, 0.4) is 0 Å². The molecule has 0 fully saturated rings. The van der Waals surface area contributed by atoms with E-state index in [1.165, 1.54) is 18.3 Å². The number of nitrogens with zero attached hydrogens (tertiary/aromatic N) is 1. The maximum Gasteiger partial charge on any atom is 0.407 e. The van der Waals surface area contributed by atoms with Crippen LogP contribution in [-0.2, 0) is 20.7 Å². The summed E-state index contributed by atoms with van der Waals surface area (Å²) in [4.78, 5) is 41.0. The largest absolute Gasteiger partial charge is 0.480 e. The summed E-state index contributed by atoms with van der Waals surface area (Å²) in [5, 5.41) is 14.3. The molecular weight excluding hydrogens is 442 g/mol. The molecule has 3 N–H and O–H groups in total. The van der Waals surface area contributed by atoms with Gasteiger partial charge in [-0.25, -0.2) is 9.59 Å². The second-order valence-corrected chi connectivity index (χ2v) is 8.73. The lowest BCUT2D eigenvalue weighted by atomic mass is 9.98. The van der Waals surface area contributed by atoms with Gasteiger partial charge in [-0.1, -0.05) is 48.5 Å². The number of carbonyl (C=O) groups excluding carboxylic acids is 2. The second kappa shape index (κ2) is 9.83. The minimum Gasteiger partial charge on any atom is -0.480 e. The minimum absolute atomic E-state index is 0.0944. The van der Waals surface area contributed by atoms with Gasteiger partial charge in [0.05, 0.1) is 5.51 Å². The third kappa shape index (κ3) is 5.04. The summed E-state index contributed by atoms with van der Waals surface area (Å²) < 4.78 is 5.45. The van der Waals surface area contributed by atoms with Crippen molar-refractivity contribution in [1.29, 1.82) is 0 Å². The van der Waals surface area contributed by atoms with Crippen molar-refractivity contribution in [3.8, 4) is 11.1 Å². The maximum atomic E-state index is 12.5. The smallest absolute Gasteiger partial charge is 0.407 e.